The average Bonchev–Trinajstić information content (AvgIpc) is 3.04. The van der Waals surface area contributed by atoms with Crippen LogP contribution in [0, 0.1) is 0 Å². The third-order valence-corrected chi connectivity index (χ3v) is 4.69. The van der Waals surface area contributed by atoms with Crippen LogP contribution in [0.15, 0.2) is 41.5 Å². The van der Waals surface area contributed by atoms with Gasteiger partial charge in [0.15, 0.2) is 0 Å². The number of nitrogens with one attached hydrogen (secondary N) is 1. The van der Waals surface area contributed by atoms with E-state index in [1.807, 2.05) is 30.3 Å². The normalized spacial score (nSPS) is 14.7. The van der Waals surface area contributed by atoms with Gasteiger partial charge in [-0.25, -0.2) is 9.48 Å². The van der Waals surface area contributed by atoms with Gasteiger partial charge in [-0.2, -0.15) is 5.10 Å². The molecule has 0 atom stereocenters. The first-order valence-corrected chi connectivity index (χ1v) is 9.56. The lowest BCUT2D eigenvalue weighted by Crippen LogP contribution is -2.35. The van der Waals surface area contributed by atoms with Crippen molar-refractivity contribution in [1.82, 2.24) is 24.6 Å². The van der Waals surface area contributed by atoms with Gasteiger partial charge in [0.1, 0.15) is 18.7 Å². The highest BCUT2D eigenvalue weighted by Crippen LogP contribution is 2.08. The van der Waals surface area contributed by atoms with Crippen LogP contribution in [-0.4, -0.2) is 58.6 Å². The van der Waals surface area contributed by atoms with E-state index in [1.165, 1.54) is 23.9 Å². The molecule has 2 aromatic rings. The lowest BCUT2D eigenvalue weighted by atomic mass is 10.1. The van der Waals surface area contributed by atoms with Crippen molar-refractivity contribution in [2.75, 3.05) is 39.3 Å². The van der Waals surface area contributed by atoms with E-state index < -0.39 is 0 Å². The van der Waals surface area contributed by atoms with Gasteiger partial charge >= 0.3 is 5.69 Å². The molecule has 1 N–H and O–H groups in total. The van der Waals surface area contributed by atoms with Crippen molar-refractivity contribution in [2.24, 2.45) is 0 Å². The summed E-state index contributed by atoms with van der Waals surface area (Å²) in [4.78, 5) is 14.8. The molecular formula is C19H30ClN5O2. The molecular weight excluding hydrogens is 366 g/mol. The fourth-order valence-electron chi connectivity index (χ4n) is 3.18. The summed E-state index contributed by atoms with van der Waals surface area (Å²) in [6.45, 7) is 6.55. The quantitative estimate of drug-likeness (QED) is 0.619. The average molecular weight is 396 g/mol. The molecule has 150 valence electrons. The Morgan fingerprint density at radius 3 is 2.56 bits per heavy atom. The van der Waals surface area contributed by atoms with Gasteiger partial charge in [-0.05, 0) is 38.1 Å². The molecule has 3 rings (SSSR count). The lowest BCUT2D eigenvalue weighted by molar-refractivity contribution is 0.220. The van der Waals surface area contributed by atoms with Crippen molar-refractivity contribution in [3.63, 3.8) is 0 Å². The Morgan fingerprint density at radius 1 is 1.00 bits per heavy atom. The zero-order chi connectivity index (χ0) is 18.0. The van der Waals surface area contributed by atoms with E-state index in [1.54, 1.807) is 10.9 Å². The Balaban J connectivity index is 0.00000261. The first-order chi connectivity index (χ1) is 12.8. The SMILES string of the molecule is Cl.O=c1n(CCN2CCCCC2)cnn1CCNCCOc1ccccc1. The highest BCUT2D eigenvalue weighted by Gasteiger charge is 2.11. The molecule has 1 aromatic heterocycles. The Labute approximate surface area is 166 Å². The number of nitrogens with zero attached hydrogens (tertiary/aromatic N) is 4. The summed E-state index contributed by atoms with van der Waals surface area (Å²) in [5, 5.41) is 7.50. The number of ether oxygens (including phenoxy) is 1. The molecule has 1 aliphatic heterocycles. The second kappa shape index (κ2) is 11.8. The molecule has 0 radical (unpaired) electrons. The standard InChI is InChI=1S/C19H29N5O2.ClH/c25-19-23(15-14-22-11-5-2-6-12-22)17-21-24(19)13-9-20-10-16-26-18-7-3-1-4-8-18;/h1,3-4,7-8,17,20H,2,5-6,9-16H2;1H. The maximum Gasteiger partial charge on any atom is 0.345 e. The van der Waals surface area contributed by atoms with E-state index in [9.17, 15) is 4.79 Å². The van der Waals surface area contributed by atoms with E-state index >= 15 is 0 Å². The molecule has 7 nitrogen and oxygen atoms in total. The fraction of sp³-hybridized carbons (Fsp3) is 0.579. The van der Waals surface area contributed by atoms with Crippen molar-refractivity contribution in [3.05, 3.63) is 47.1 Å². The van der Waals surface area contributed by atoms with Crippen LogP contribution in [0.2, 0.25) is 0 Å². The van der Waals surface area contributed by atoms with E-state index in [2.05, 4.69) is 15.3 Å². The van der Waals surface area contributed by atoms with E-state index in [4.69, 9.17) is 4.74 Å². The molecule has 0 bridgehead atoms. The molecule has 0 spiro atoms. The second-order valence-electron chi connectivity index (χ2n) is 6.64. The summed E-state index contributed by atoms with van der Waals surface area (Å²) < 4.78 is 8.86. The Bertz CT molecular complexity index is 698. The van der Waals surface area contributed by atoms with Crippen LogP contribution in [0.3, 0.4) is 0 Å². The van der Waals surface area contributed by atoms with Crippen LogP contribution in [0.25, 0.3) is 0 Å². The first kappa shape index (κ1) is 21.5. The van der Waals surface area contributed by atoms with Gasteiger partial charge in [0, 0.05) is 26.2 Å². The van der Waals surface area contributed by atoms with E-state index in [0.717, 1.165) is 38.5 Å². The fourth-order valence-corrected chi connectivity index (χ4v) is 3.18. The maximum atomic E-state index is 12.3. The third-order valence-electron chi connectivity index (χ3n) is 4.69. The number of aromatic nitrogens is 3. The number of likely N-dealkylation sites (tertiary alicyclic amines) is 1. The molecule has 8 heteroatoms. The molecule has 0 amide bonds. The zero-order valence-electron chi connectivity index (χ0n) is 15.8. The minimum absolute atomic E-state index is 0. The monoisotopic (exact) mass is 395 g/mol. The molecule has 1 saturated heterocycles. The Hall–Kier alpha value is -1.83. The number of hydrogen-bond donors (Lipinski definition) is 1. The summed E-state index contributed by atoms with van der Waals surface area (Å²) in [6.07, 6.45) is 5.53. The predicted octanol–water partition coefficient (Wildman–Crippen LogP) is 1.62. The number of para-hydroxylation sites is 1. The van der Waals surface area contributed by atoms with Crippen molar-refractivity contribution in [1.29, 1.82) is 0 Å². The lowest BCUT2D eigenvalue weighted by Gasteiger charge is -2.26. The summed E-state index contributed by atoms with van der Waals surface area (Å²) >= 11 is 0. The number of halogens is 1. The number of hydrogen-bond acceptors (Lipinski definition) is 5. The van der Waals surface area contributed by atoms with Crippen LogP contribution in [0.4, 0.5) is 0 Å². The Morgan fingerprint density at radius 2 is 1.78 bits per heavy atom. The van der Waals surface area contributed by atoms with Gasteiger partial charge in [0.2, 0.25) is 0 Å². The topological polar surface area (TPSA) is 64.3 Å². The van der Waals surface area contributed by atoms with Gasteiger partial charge in [-0.1, -0.05) is 24.6 Å². The molecule has 1 aliphatic rings. The highest BCUT2D eigenvalue weighted by atomic mass is 35.5. The maximum absolute atomic E-state index is 12.3. The summed E-state index contributed by atoms with van der Waals surface area (Å²) in [7, 11) is 0. The molecule has 0 saturated carbocycles. The van der Waals surface area contributed by atoms with Gasteiger partial charge in [-0.3, -0.25) is 4.57 Å². The van der Waals surface area contributed by atoms with Crippen LogP contribution in [0.5, 0.6) is 5.75 Å². The third kappa shape index (κ3) is 7.01. The van der Waals surface area contributed by atoms with Gasteiger partial charge in [-0.15, -0.1) is 12.4 Å². The van der Waals surface area contributed by atoms with Crippen molar-refractivity contribution >= 4 is 12.4 Å². The zero-order valence-corrected chi connectivity index (χ0v) is 16.6. The van der Waals surface area contributed by atoms with Gasteiger partial charge in [0.25, 0.3) is 0 Å². The number of benzene rings is 1. The van der Waals surface area contributed by atoms with Crippen LogP contribution in [-0.2, 0) is 13.1 Å². The molecule has 0 unspecified atom stereocenters. The van der Waals surface area contributed by atoms with Crippen molar-refractivity contribution < 1.29 is 4.74 Å². The molecule has 1 fully saturated rings. The minimum Gasteiger partial charge on any atom is -0.492 e. The molecule has 0 aliphatic carbocycles. The second-order valence-corrected chi connectivity index (χ2v) is 6.64. The molecule has 2 heterocycles. The van der Waals surface area contributed by atoms with E-state index in [-0.39, 0.29) is 18.1 Å². The molecule has 27 heavy (non-hydrogen) atoms. The summed E-state index contributed by atoms with van der Waals surface area (Å²) in [5.41, 5.74) is -0.0238. The number of rotatable bonds is 10. The van der Waals surface area contributed by atoms with Crippen molar-refractivity contribution in [2.45, 2.75) is 32.4 Å². The Kier molecular flexibility index (Phi) is 9.38. The predicted molar refractivity (Wildman–Crippen MR) is 109 cm³/mol. The van der Waals surface area contributed by atoms with Gasteiger partial charge in [0.05, 0.1) is 6.54 Å². The summed E-state index contributed by atoms with van der Waals surface area (Å²) in [5.74, 6) is 0.873. The van der Waals surface area contributed by atoms with Crippen LogP contribution in [0.1, 0.15) is 19.3 Å². The minimum atomic E-state index is -0.0238. The van der Waals surface area contributed by atoms with Crippen LogP contribution < -0.4 is 15.7 Å². The van der Waals surface area contributed by atoms with E-state index in [0.29, 0.717) is 19.7 Å². The van der Waals surface area contributed by atoms with Crippen molar-refractivity contribution in [3.8, 4) is 5.75 Å². The smallest absolute Gasteiger partial charge is 0.345 e. The highest BCUT2D eigenvalue weighted by molar-refractivity contribution is 5.85. The first-order valence-electron chi connectivity index (χ1n) is 9.56. The molecule has 1 aromatic carbocycles. The van der Waals surface area contributed by atoms with Crippen LogP contribution >= 0.6 is 12.4 Å². The number of piperidine rings is 1. The van der Waals surface area contributed by atoms with Gasteiger partial charge < -0.3 is 15.0 Å². The summed E-state index contributed by atoms with van der Waals surface area (Å²) in [6, 6.07) is 9.76. The largest absolute Gasteiger partial charge is 0.492 e.